The van der Waals surface area contributed by atoms with Crippen LogP contribution in [0, 0.1) is 0 Å². The molecule has 0 aliphatic carbocycles. The molecule has 0 aliphatic rings. The second-order valence-electron chi connectivity index (χ2n) is 5.21. The zero-order valence-corrected chi connectivity index (χ0v) is 14.0. The number of aromatic nitrogens is 2. The molecule has 114 valence electrons. The largest absolute Gasteiger partial charge is 0.493 e. The quantitative estimate of drug-likeness (QED) is 0.615. The molecule has 20 heavy (non-hydrogen) atoms. The van der Waals surface area contributed by atoms with Gasteiger partial charge in [-0.1, -0.05) is 45.9 Å². The molecule has 1 aromatic rings. The van der Waals surface area contributed by atoms with Crippen LogP contribution < -0.4 is 5.56 Å². The van der Waals surface area contributed by atoms with Gasteiger partial charge in [-0.15, -0.1) is 0 Å². The summed E-state index contributed by atoms with van der Waals surface area (Å²) < 4.78 is 1.68. The second kappa shape index (κ2) is 7.72. The van der Waals surface area contributed by atoms with Gasteiger partial charge in [-0.25, -0.2) is 0 Å². The van der Waals surface area contributed by atoms with Gasteiger partial charge in [0.15, 0.2) is 5.16 Å². The van der Waals surface area contributed by atoms with Crippen LogP contribution in [-0.4, -0.2) is 19.9 Å². The van der Waals surface area contributed by atoms with E-state index in [1.807, 2.05) is 13.8 Å². The summed E-state index contributed by atoms with van der Waals surface area (Å²) in [6, 6.07) is 0. The first-order chi connectivity index (χ1) is 9.46. The van der Waals surface area contributed by atoms with Crippen LogP contribution in [0.5, 0.6) is 5.88 Å². The summed E-state index contributed by atoms with van der Waals surface area (Å²) in [5.41, 5.74) is 0.369. The normalized spacial score (nSPS) is 14.2. The van der Waals surface area contributed by atoms with E-state index in [-0.39, 0.29) is 17.4 Å². The van der Waals surface area contributed by atoms with Crippen LogP contribution in [0.4, 0.5) is 0 Å². The summed E-state index contributed by atoms with van der Waals surface area (Å²) in [6.07, 6.45) is 2.86. The number of nitrogens with zero attached hydrogens (tertiary/aromatic N) is 2. The van der Waals surface area contributed by atoms with Crippen molar-refractivity contribution >= 4 is 11.8 Å². The molecule has 2 unspecified atom stereocenters. The number of aromatic hydroxyl groups is 1. The van der Waals surface area contributed by atoms with Crippen LogP contribution in [0.1, 0.15) is 65.4 Å². The summed E-state index contributed by atoms with van der Waals surface area (Å²) in [6.45, 7) is 10.8. The molecule has 1 rings (SSSR count). The molecule has 0 fully saturated rings. The number of rotatable bonds is 7. The van der Waals surface area contributed by atoms with Crippen LogP contribution in [0.3, 0.4) is 0 Å². The lowest BCUT2D eigenvalue weighted by Gasteiger charge is -2.17. The standard InChI is InChI=1S/C15H26N2O2S/c1-6-9-10(4)12-13(18)16-15(20-11(5)7-2)17(8-3)14(12)19/h10-11,18H,6-9H2,1-5H3. The van der Waals surface area contributed by atoms with Gasteiger partial charge in [0.05, 0.1) is 5.56 Å². The molecule has 5 heteroatoms. The Morgan fingerprint density at radius 3 is 2.45 bits per heavy atom. The molecule has 1 heterocycles. The molecule has 0 saturated heterocycles. The minimum absolute atomic E-state index is 0.0421. The summed E-state index contributed by atoms with van der Waals surface area (Å²) in [5, 5.41) is 11.1. The minimum atomic E-state index is -0.0912. The highest BCUT2D eigenvalue weighted by Gasteiger charge is 2.21. The van der Waals surface area contributed by atoms with Gasteiger partial charge in [0, 0.05) is 11.8 Å². The lowest BCUT2D eigenvalue weighted by Crippen LogP contribution is -2.27. The van der Waals surface area contributed by atoms with Gasteiger partial charge in [-0.3, -0.25) is 9.36 Å². The fourth-order valence-electron chi connectivity index (χ4n) is 2.18. The third-order valence-corrected chi connectivity index (χ3v) is 4.82. The van der Waals surface area contributed by atoms with Gasteiger partial charge < -0.3 is 5.11 Å². The van der Waals surface area contributed by atoms with E-state index in [1.165, 1.54) is 0 Å². The van der Waals surface area contributed by atoms with E-state index < -0.39 is 0 Å². The van der Waals surface area contributed by atoms with Crippen molar-refractivity contribution in [2.24, 2.45) is 0 Å². The first kappa shape index (κ1) is 17.1. The molecule has 2 atom stereocenters. The van der Waals surface area contributed by atoms with Crippen LogP contribution in [-0.2, 0) is 6.54 Å². The Hall–Kier alpha value is -0.970. The summed E-state index contributed by atoms with van der Waals surface area (Å²) >= 11 is 1.55. The second-order valence-corrected chi connectivity index (χ2v) is 6.61. The monoisotopic (exact) mass is 298 g/mol. The maximum absolute atomic E-state index is 12.6. The molecule has 4 nitrogen and oxygen atoms in total. The van der Waals surface area contributed by atoms with E-state index in [0.717, 1.165) is 19.3 Å². The molecule has 0 aliphatic heterocycles. The number of hydrogen-bond donors (Lipinski definition) is 1. The Labute approximate surface area is 125 Å². The Morgan fingerprint density at radius 1 is 1.30 bits per heavy atom. The lowest BCUT2D eigenvalue weighted by atomic mass is 9.98. The molecule has 0 amide bonds. The first-order valence-electron chi connectivity index (χ1n) is 7.46. The molecular formula is C15H26N2O2S. The number of hydrogen-bond acceptors (Lipinski definition) is 4. The van der Waals surface area contributed by atoms with E-state index in [0.29, 0.717) is 22.5 Å². The van der Waals surface area contributed by atoms with E-state index in [1.54, 1.807) is 16.3 Å². The van der Waals surface area contributed by atoms with Crippen LogP contribution in [0.2, 0.25) is 0 Å². The van der Waals surface area contributed by atoms with Gasteiger partial charge in [0.25, 0.3) is 5.56 Å². The first-order valence-corrected chi connectivity index (χ1v) is 8.34. The van der Waals surface area contributed by atoms with Crippen molar-refractivity contribution in [3.05, 3.63) is 15.9 Å². The van der Waals surface area contributed by atoms with Crippen molar-refractivity contribution in [1.29, 1.82) is 0 Å². The molecule has 1 N–H and O–H groups in total. The van der Waals surface area contributed by atoms with Gasteiger partial charge in [0.2, 0.25) is 5.88 Å². The smallest absolute Gasteiger partial charge is 0.261 e. The summed E-state index contributed by atoms with van der Waals surface area (Å²) in [4.78, 5) is 16.9. The molecule has 0 bridgehead atoms. The molecule has 0 saturated carbocycles. The third kappa shape index (κ3) is 3.78. The van der Waals surface area contributed by atoms with Crippen molar-refractivity contribution in [3.63, 3.8) is 0 Å². The molecule has 1 aromatic heterocycles. The van der Waals surface area contributed by atoms with Crippen molar-refractivity contribution < 1.29 is 5.11 Å². The van der Waals surface area contributed by atoms with E-state index >= 15 is 0 Å². The Morgan fingerprint density at radius 2 is 1.95 bits per heavy atom. The summed E-state index contributed by atoms with van der Waals surface area (Å²) in [7, 11) is 0. The van der Waals surface area contributed by atoms with E-state index in [2.05, 4.69) is 25.8 Å². The summed E-state index contributed by atoms with van der Waals surface area (Å²) in [5.74, 6) is -0.0492. The predicted octanol–water partition coefficient (Wildman–Crippen LogP) is 3.76. The Bertz CT molecular complexity index is 499. The van der Waals surface area contributed by atoms with E-state index in [9.17, 15) is 9.90 Å². The zero-order chi connectivity index (χ0) is 15.3. The maximum atomic E-state index is 12.6. The van der Waals surface area contributed by atoms with Crippen LogP contribution >= 0.6 is 11.8 Å². The van der Waals surface area contributed by atoms with Crippen molar-refractivity contribution in [3.8, 4) is 5.88 Å². The van der Waals surface area contributed by atoms with Crippen molar-refractivity contribution in [1.82, 2.24) is 9.55 Å². The van der Waals surface area contributed by atoms with Gasteiger partial charge in [-0.05, 0) is 25.7 Å². The average molecular weight is 298 g/mol. The Balaban J connectivity index is 3.29. The molecule has 0 aromatic carbocycles. The van der Waals surface area contributed by atoms with E-state index in [4.69, 9.17) is 0 Å². The highest BCUT2D eigenvalue weighted by molar-refractivity contribution is 7.99. The highest BCUT2D eigenvalue weighted by Crippen LogP contribution is 2.29. The van der Waals surface area contributed by atoms with Crippen molar-refractivity contribution in [2.75, 3.05) is 0 Å². The highest BCUT2D eigenvalue weighted by atomic mass is 32.2. The van der Waals surface area contributed by atoms with Gasteiger partial charge >= 0.3 is 0 Å². The minimum Gasteiger partial charge on any atom is -0.493 e. The Kier molecular flexibility index (Phi) is 6.59. The molecule has 0 spiro atoms. The molecule has 0 radical (unpaired) electrons. The topological polar surface area (TPSA) is 55.1 Å². The van der Waals surface area contributed by atoms with Crippen LogP contribution in [0.15, 0.2) is 9.95 Å². The molecular weight excluding hydrogens is 272 g/mol. The van der Waals surface area contributed by atoms with Crippen molar-refractivity contribution in [2.45, 2.75) is 76.8 Å². The third-order valence-electron chi connectivity index (χ3n) is 3.56. The predicted molar refractivity (Wildman–Crippen MR) is 84.8 cm³/mol. The lowest BCUT2D eigenvalue weighted by molar-refractivity contribution is 0.415. The maximum Gasteiger partial charge on any atom is 0.261 e. The fourth-order valence-corrected chi connectivity index (χ4v) is 3.18. The average Bonchev–Trinajstić information content (AvgIpc) is 2.38. The zero-order valence-electron chi connectivity index (χ0n) is 13.1. The number of thioether (sulfide) groups is 1. The van der Waals surface area contributed by atoms with Gasteiger partial charge in [-0.2, -0.15) is 4.98 Å². The van der Waals surface area contributed by atoms with Crippen LogP contribution in [0.25, 0.3) is 0 Å². The fraction of sp³-hybridized carbons (Fsp3) is 0.733. The SMILES string of the molecule is CCCC(C)c1c(O)nc(SC(C)CC)n(CC)c1=O. The van der Waals surface area contributed by atoms with Gasteiger partial charge in [0.1, 0.15) is 0 Å².